The number of carbonyl (C=O) groups excluding carboxylic acids is 2. The predicted molar refractivity (Wildman–Crippen MR) is 138 cm³/mol. The highest BCUT2D eigenvalue weighted by Crippen LogP contribution is 2.31. The van der Waals surface area contributed by atoms with Crippen LogP contribution in [0.2, 0.25) is 0 Å². The largest absolute Gasteiger partial charge is 0.324 e. The Labute approximate surface area is 207 Å². The second kappa shape index (κ2) is 9.52. The predicted octanol–water partition coefficient (Wildman–Crippen LogP) is 2.48. The summed E-state index contributed by atoms with van der Waals surface area (Å²) in [7, 11) is 0. The fraction of sp³-hybridized carbons (Fsp3) is 0.440. The number of aromatic amines is 1. The Hall–Kier alpha value is -3.08. The average Bonchev–Trinajstić information content (AvgIpc) is 3.01. The molecule has 1 aromatic carbocycles. The topological polar surface area (TPSA) is 102 Å². The molecule has 0 saturated carbocycles. The molecular formula is C25H30N6O3S. The van der Waals surface area contributed by atoms with E-state index in [1.807, 2.05) is 45.0 Å². The molecule has 2 aromatic heterocycles. The Balaban J connectivity index is 1.22. The van der Waals surface area contributed by atoms with Crippen LogP contribution in [-0.2, 0) is 16.1 Å². The number of aryl methyl sites for hydroxylation is 2. The summed E-state index contributed by atoms with van der Waals surface area (Å²) >= 11 is 1.56. The van der Waals surface area contributed by atoms with E-state index in [-0.39, 0.29) is 29.8 Å². The quantitative estimate of drug-likeness (QED) is 0.578. The first-order chi connectivity index (χ1) is 16.8. The number of H-pyrrole nitrogens is 1. The van der Waals surface area contributed by atoms with Crippen molar-refractivity contribution in [3.8, 4) is 0 Å². The number of anilines is 2. The van der Waals surface area contributed by atoms with E-state index < -0.39 is 0 Å². The number of nitrogens with one attached hydrogen (secondary N) is 2. The van der Waals surface area contributed by atoms with Crippen LogP contribution in [0.15, 0.2) is 29.1 Å². The van der Waals surface area contributed by atoms with Gasteiger partial charge in [-0.1, -0.05) is 12.1 Å². The van der Waals surface area contributed by atoms with Gasteiger partial charge in [-0.3, -0.25) is 24.2 Å². The van der Waals surface area contributed by atoms with Crippen molar-refractivity contribution in [1.29, 1.82) is 0 Å². The monoisotopic (exact) mass is 494 g/mol. The average molecular weight is 495 g/mol. The van der Waals surface area contributed by atoms with E-state index in [4.69, 9.17) is 4.98 Å². The molecule has 2 aliphatic rings. The molecule has 5 rings (SSSR count). The summed E-state index contributed by atoms with van der Waals surface area (Å²) < 4.78 is 0. The van der Waals surface area contributed by atoms with Gasteiger partial charge >= 0.3 is 0 Å². The number of hydrogen-bond acceptors (Lipinski definition) is 7. The molecule has 0 spiro atoms. The van der Waals surface area contributed by atoms with Crippen molar-refractivity contribution in [2.24, 2.45) is 0 Å². The van der Waals surface area contributed by atoms with Gasteiger partial charge in [0.05, 0.1) is 29.9 Å². The van der Waals surface area contributed by atoms with E-state index in [2.05, 4.69) is 20.1 Å². The van der Waals surface area contributed by atoms with Crippen molar-refractivity contribution < 1.29 is 9.59 Å². The van der Waals surface area contributed by atoms with Crippen LogP contribution < -0.4 is 15.8 Å². The minimum absolute atomic E-state index is 0.00483. The van der Waals surface area contributed by atoms with Gasteiger partial charge in [0, 0.05) is 43.5 Å². The Morgan fingerprint density at radius 3 is 2.60 bits per heavy atom. The number of piperazine rings is 1. The van der Waals surface area contributed by atoms with Crippen LogP contribution in [0.5, 0.6) is 0 Å². The number of para-hydroxylation sites is 2. The fourth-order valence-electron chi connectivity index (χ4n) is 4.93. The summed E-state index contributed by atoms with van der Waals surface area (Å²) in [6.07, 6.45) is 0.271. The van der Waals surface area contributed by atoms with Crippen LogP contribution >= 0.6 is 11.3 Å². The molecule has 35 heavy (non-hydrogen) atoms. The molecule has 4 heterocycles. The van der Waals surface area contributed by atoms with Gasteiger partial charge in [-0.25, -0.2) is 4.98 Å². The molecule has 9 nitrogen and oxygen atoms in total. The third-order valence-electron chi connectivity index (χ3n) is 6.91. The SMILES string of the molecule is Cc1sc2nc(CN3CCN(CC(=O)N4c5ccccc5NC(=O)CC4C)CC3)[nH]c(=O)c2c1C. The molecule has 0 aliphatic carbocycles. The van der Waals surface area contributed by atoms with Gasteiger partial charge in [-0.05, 0) is 38.5 Å². The highest BCUT2D eigenvalue weighted by atomic mass is 32.1. The number of amides is 2. The molecule has 1 unspecified atom stereocenters. The minimum atomic E-state index is -0.213. The second-order valence-corrected chi connectivity index (χ2v) is 10.6. The molecule has 1 saturated heterocycles. The van der Waals surface area contributed by atoms with Crippen molar-refractivity contribution in [3.05, 3.63) is 50.9 Å². The molecule has 1 fully saturated rings. The van der Waals surface area contributed by atoms with Crippen molar-refractivity contribution in [1.82, 2.24) is 19.8 Å². The third kappa shape index (κ3) is 4.73. The van der Waals surface area contributed by atoms with Crippen LogP contribution in [0, 0.1) is 13.8 Å². The maximum Gasteiger partial charge on any atom is 0.259 e. The van der Waals surface area contributed by atoms with Crippen molar-refractivity contribution in [3.63, 3.8) is 0 Å². The van der Waals surface area contributed by atoms with Crippen molar-refractivity contribution in [2.45, 2.75) is 39.8 Å². The molecule has 2 aliphatic heterocycles. The summed E-state index contributed by atoms with van der Waals surface area (Å²) in [6, 6.07) is 7.25. The zero-order valence-electron chi connectivity index (χ0n) is 20.3. The number of benzene rings is 1. The first-order valence-electron chi connectivity index (χ1n) is 11.9. The smallest absolute Gasteiger partial charge is 0.259 e. The standard InChI is InChI=1S/C25H30N6O3S/c1-15-12-21(32)26-18-6-4-5-7-19(18)31(15)22(33)14-30-10-8-29(9-11-30)13-20-27-24(34)23-16(2)17(3)35-25(23)28-20/h4-7,15H,8-14H2,1-3H3,(H,26,32)(H,27,28,34). The zero-order valence-corrected chi connectivity index (χ0v) is 21.1. The van der Waals surface area contributed by atoms with Gasteiger partial charge in [0.15, 0.2) is 0 Å². The first kappa shape index (κ1) is 23.7. The van der Waals surface area contributed by atoms with E-state index in [9.17, 15) is 14.4 Å². The van der Waals surface area contributed by atoms with Crippen LogP contribution in [0.4, 0.5) is 11.4 Å². The Morgan fingerprint density at radius 1 is 1.11 bits per heavy atom. The number of hydrogen-bond donors (Lipinski definition) is 2. The lowest BCUT2D eigenvalue weighted by Crippen LogP contribution is -2.51. The van der Waals surface area contributed by atoms with E-state index >= 15 is 0 Å². The van der Waals surface area contributed by atoms with Gasteiger partial charge < -0.3 is 15.2 Å². The third-order valence-corrected chi connectivity index (χ3v) is 8.01. The van der Waals surface area contributed by atoms with Crippen LogP contribution in [0.3, 0.4) is 0 Å². The summed E-state index contributed by atoms with van der Waals surface area (Å²) in [5.41, 5.74) is 2.36. The molecule has 0 radical (unpaired) electrons. The maximum atomic E-state index is 13.3. The fourth-order valence-corrected chi connectivity index (χ4v) is 5.98. The van der Waals surface area contributed by atoms with E-state index in [0.717, 1.165) is 47.1 Å². The Morgan fingerprint density at radius 2 is 1.83 bits per heavy atom. The molecule has 0 bridgehead atoms. The minimum Gasteiger partial charge on any atom is -0.324 e. The highest BCUT2D eigenvalue weighted by Gasteiger charge is 2.31. The molecule has 10 heteroatoms. The van der Waals surface area contributed by atoms with Gasteiger partial charge in [-0.2, -0.15) is 0 Å². The normalized spacial score (nSPS) is 19.5. The van der Waals surface area contributed by atoms with E-state index in [0.29, 0.717) is 30.0 Å². The Bertz CT molecular complexity index is 1340. The van der Waals surface area contributed by atoms with Gasteiger partial charge in [0.1, 0.15) is 10.7 Å². The maximum absolute atomic E-state index is 13.3. The summed E-state index contributed by atoms with van der Waals surface area (Å²) in [4.78, 5) is 53.9. The van der Waals surface area contributed by atoms with Crippen LogP contribution in [0.25, 0.3) is 10.2 Å². The summed E-state index contributed by atoms with van der Waals surface area (Å²) in [5.74, 6) is 0.599. The zero-order chi connectivity index (χ0) is 24.7. The van der Waals surface area contributed by atoms with E-state index in [1.165, 1.54) is 0 Å². The van der Waals surface area contributed by atoms with Crippen LogP contribution in [-0.4, -0.2) is 70.3 Å². The number of aromatic nitrogens is 2. The van der Waals surface area contributed by atoms with Crippen molar-refractivity contribution >= 4 is 44.7 Å². The lowest BCUT2D eigenvalue weighted by atomic mass is 10.1. The molecular weight excluding hydrogens is 464 g/mol. The molecule has 184 valence electrons. The second-order valence-electron chi connectivity index (χ2n) is 9.41. The molecule has 2 N–H and O–H groups in total. The lowest BCUT2D eigenvalue weighted by molar-refractivity contribution is -0.120. The van der Waals surface area contributed by atoms with Crippen molar-refractivity contribution in [2.75, 3.05) is 42.9 Å². The molecule has 3 aromatic rings. The highest BCUT2D eigenvalue weighted by molar-refractivity contribution is 7.18. The van der Waals surface area contributed by atoms with Gasteiger partial charge in [-0.15, -0.1) is 11.3 Å². The summed E-state index contributed by atoms with van der Waals surface area (Å²) in [5, 5.41) is 3.60. The van der Waals surface area contributed by atoms with Gasteiger partial charge in [0.25, 0.3) is 5.56 Å². The Kier molecular flexibility index (Phi) is 6.43. The first-order valence-corrected chi connectivity index (χ1v) is 12.8. The molecule has 1 atom stereocenters. The number of fused-ring (bicyclic) bond motifs is 2. The number of thiophene rings is 1. The number of nitrogens with zero attached hydrogens (tertiary/aromatic N) is 4. The molecule has 2 amide bonds. The van der Waals surface area contributed by atoms with Crippen LogP contribution in [0.1, 0.15) is 29.6 Å². The number of carbonyl (C=O) groups is 2. The van der Waals surface area contributed by atoms with E-state index in [1.54, 1.807) is 16.2 Å². The lowest BCUT2D eigenvalue weighted by Gasteiger charge is -2.36. The number of rotatable bonds is 4. The summed E-state index contributed by atoms with van der Waals surface area (Å²) in [6.45, 7) is 9.83. The van der Waals surface area contributed by atoms with Gasteiger partial charge in [0.2, 0.25) is 11.8 Å².